The van der Waals surface area contributed by atoms with Crippen LogP contribution in [0.3, 0.4) is 0 Å². The maximum Gasteiger partial charge on any atom is 0.269 e. The van der Waals surface area contributed by atoms with Crippen molar-refractivity contribution in [2.75, 3.05) is 6.61 Å². The maximum atomic E-state index is 10.5. The van der Waals surface area contributed by atoms with Crippen LogP contribution >= 0.6 is 0 Å². The number of aliphatic hydroxyl groups excluding tert-OH is 1. The van der Waals surface area contributed by atoms with Gasteiger partial charge in [-0.1, -0.05) is 0 Å². The third-order valence-electron chi connectivity index (χ3n) is 2.82. The highest BCUT2D eigenvalue weighted by molar-refractivity contribution is 5.35. The number of ether oxygens (including phenoxy) is 1. The first-order valence-electron chi connectivity index (χ1n) is 6.09. The number of non-ortho nitro benzene ring substituents is 1. The number of aliphatic hydroxyl groups is 1. The Morgan fingerprint density at radius 3 is 2.70 bits per heavy atom. The second-order valence-electron chi connectivity index (χ2n) is 4.34. The highest BCUT2D eigenvalue weighted by Crippen LogP contribution is 2.17. The average Bonchev–Trinajstić information content (AvgIpc) is 2.82. The van der Waals surface area contributed by atoms with E-state index in [4.69, 9.17) is 4.74 Å². The van der Waals surface area contributed by atoms with Crippen LogP contribution in [-0.2, 0) is 6.54 Å². The number of hydrogen-bond acceptors (Lipinski definition) is 5. The van der Waals surface area contributed by atoms with Crippen LogP contribution in [0.25, 0.3) is 0 Å². The minimum Gasteiger partial charge on any atom is -0.491 e. The highest BCUT2D eigenvalue weighted by Gasteiger charge is 2.09. The Balaban J connectivity index is 1.85. The van der Waals surface area contributed by atoms with Gasteiger partial charge in [-0.3, -0.25) is 10.1 Å². The molecule has 20 heavy (non-hydrogen) atoms. The molecule has 1 heterocycles. The van der Waals surface area contributed by atoms with Gasteiger partial charge in [-0.25, -0.2) is 4.98 Å². The van der Waals surface area contributed by atoms with Crippen molar-refractivity contribution in [1.82, 2.24) is 9.55 Å². The Hall–Kier alpha value is -2.41. The Morgan fingerprint density at radius 2 is 2.15 bits per heavy atom. The van der Waals surface area contributed by atoms with Crippen LogP contribution in [0.2, 0.25) is 0 Å². The summed E-state index contributed by atoms with van der Waals surface area (Å²) in [7, 11) is 0. The minimum atomic E-state index is -0.682. The third kappa shape index (κ3) is 3.55. The normalized spacial score (nSPS) is 12.1. The summed E-state index contributed by atoms with van der Waals surface area (Å²) >= 11 is 0. The first kappa shape index (κ1) is 14.0. The molecule has 0 bridgehead atoms. The van der Waals surface area contributed by atoms with Crippen LogP contribution in [-0.4, -0.2) is 32.3 Å². The molecule has 0 aliphatic carbocycles. The van der Waals surface area contributed by atoms with E-state index in [1.54, 1.807) is 12.4 Å². The Labute approximate surface area is 115 Å². The van der Waals surface area contributed by atoms with E-state index in [0.717, 1.165) is 5.82 Å². The highest BCUT2D eigenvalue weighted by atomic mass is 16.6. The molecule has 1 atom stereocenters. The standard InChI is InChI=1S/C13H15N3O4/c1-10-14-6-7-15(10)8-12(17)9-20-13-4-2-11(3-5-13)16(18)19/h2-7,12,17H,8-9H2,1H3/t12-/m1/s1. The van der Waals surface area contributed by atoms with Crippen LogP contribution in [0.1, 0.15) is 5.82 Å². The lowest BCUT2D eigenvalue weighted by Gasteiger charge is -2.13. The predicted octanol–water partition coefficient (Wildman–Crippen LogP) is 1.54. The first-order chi connectivity index (χ1) is 9.56. The minimum absolute atomic E-state index is 0.00642. The number of nitro groups is 1. The van der Waals surface area contributed by atoms with Crippen molar-refractivity contribution in [3.05, 3.63) is 52.6 Å². The zero-order valence-electron chi connectivity index (χ0n) is 11.0. The molecular weight excluding hydrogens is 262 g/mol. The molecule has 0 aliphatic heterocycles. The van der Waals surface area contributed by atoms with Crippen LogP contribution < -0.4 is 4.74 Å². The SMILES string of the molecule is Cc1nccn1C[C@@H](O)COc1ccc([N+](=O)[O-])cc1. The molecule has 1 N–H and O–H groups in total. The van der Waals surface area contributed by atoms with E-state index in [9.17, 15) is 15.2 Å². The lowest BCUT2D eigenvalue weighted by Crippen LogP contribution is -2.23. The molecule has 2 aromatic rings. The van der Waals surface area contributed by atoms with E-state index >= 15 is 0 Å². The summed E-state index contributed by atoms with van der Waals surface area (Å²) in [5.41, 5.74) is 0.00642. The van der Waals surface area contributed by atoms with Crippen LogP contribution in [0.5, 0.6) is 5.75 Å². The Morgan fingerprint density at radius 1 is 1.45 bits per heavy atom. The largest absolute Gasteiger partial charge is 0.491 e. The molecule has 2 rings (SSSR count). The molecule has 0 fully saturated rings. The van der Waals surface area contributed by atoms with E-state index < -0.39 is 11.0 Å². The molecule has 0 amide bonds. The number of aromatic nitrogens is 2. The molecule has 1 aromatic heterocycles. The van der Waals surface area contributed by atoms with Crippen LogP contribution in [0.4, 0.5) is 5.69 Å². The zero-order valence-corrected chi connectivity index (χ0v) is 11.0. The van der Waals surface area contributed by atoms with E-state index in [1.165, 1.54) is 24.3 Å². The van der Waals surface area contributed by atoms with E-state index in [2.05, 4.69) is 4.98 Å². The van der Waals surface area contributed by atoms with Crippen molar-refractivity contribution in [1.29, 1.82) is 0 Å². The van der Waals surface area contributed by atoms with Crippen molar-refractivity contribution in [2.24, 2.45) is 0 Å². The summed E-state index contributed by atoms with van der Waals surface area (Å²) < 4.78 is 7.21. The van der Waals surface area contributed by atoms with Crippen molar-refractivity contribution >= 4 is 5.69 Å². The molecular formula is C13H15N3O4. The van der Waals surface area contributed by atoms with Crippen molar-refractivity contribution in [2.45, 2.75) is 19.6 Å². The molecule has 1 aromatic carbocycles. The van der Waals surface area contributed by atoms with Gasteiger partial charge in [0, 0.05) is 24.5 Å². The molecule has 0 saturated heterocycles. The number of nitrogens with zero attached hydrogens (tertiary/aromatic N) is 3. The molecule has 0 aliphatic rings. The summed E-state index contributed by atoms with van der Waals surface area (Å²) in [5.74, 6) is 1.30. The Kier molecular flexibility index (Phi) is 4.31. The fourth-order valence-electron chi connectivity index (χ4n) is 1.73. The summed E-state index contributed by atoms with van der Waals surface area (Å²) in [4.78, 5) is 14.1. The van der Waals surface area contributed by atoms with E-state index in [0.29, 0.717) is 12.3 Å². The molecule has 0 saturated carbocycles. The van der Waals surface area contributed by atoms with Gasteiger partial charge in [-0.2, -0.15) is 0 Å². The quantitative estimate of drug-likeness (QED) is 0.639. The van der Waals surface area contributed by atoms with Gasteiger partial charge in [0.2, 0.25) is 0 Å². The maximum absolute atomic E-state index is 10.5. The fraction of sp³-hybridized carbons (Fsp3) is 0.308. The lowest BCUT2D eigenvalue weighted by atomic mass is 10.3. The van der Waals surface area contributed by atoms with Gasteiger partial charge in [-0.15, -0.1) is 0 Å². The van der Waals surface area contributed by atoms with Crippen LogP contribution in [0, 0.1) is 17.0 Å². The summed E-state index contributed by atoms with van der Waals surface area (Å²) in [6.07, 6.45) is 2.77. The van der Waals surface area contributed by atoms with Gasteiger partial charge in [0.05, 0.1) is 11.5 Å². The fourth-order valence-corrected chi connectivity index (χ4v) is 1.73. The van der Waals surface area contributed by atoms with Gasteiger partial charge in [0.25, 0.3) is 5.69 Å². The van der Waals surface area contributed by atoms with Crippen molar-refractivity contribution in [3.63, 3.8) is 0 Å². The zero-order chi connectivity index (χ0) is 14.5. The van der Waals surface area contributed by atoms with E-state index in [-0.39, 0.29) is 12.3 Å². The Bertz CT molecular complexity index is 580. The lowest BCUT2D eigenvalue weighted by molar-refractivity contribution is -0.384. The molecule has 0 spiro atoms. The summed E-state index contributed by atoms with van der Waals surface area (Å²) in [6.45, 7) is 2.35. The monoisotopic (exact) mass is 277 g/mol. The van der Waals surface area contributed by atoms with Crippen molar-refractivity contribution < 1.29 is 14.8 Å². The summed E-state index contributed by atoms with van der Waals surface area (Å²) in [5, 5.41) is 20.4. The van der Waals surface area contributed by atoms with Gasteiger partial charge in [-0.05, 0) is 19.1 Å². The molecule has 106 valence electrons. The number of benzene rings is 1. The third-order valence-corrected chi connectivity index (χ3v) is 2.82. The molecule has 7 heteroatoms. The first-order valence-corrected chi connectivity index (χ1v) is 6.09. The summed E-state index contributed by atoms with van der Waals surface area (Å²) in [6, 6.07) is 5.74. The number of aryl methyl sites for hydroxylation is 1. The molecule has 0 radical (unpaired) electrons. The number of rotatable bonds is 6. The predicted molar refractivity (Wildman–Crippen MR) is 71.6 cm³/mol. The second kappa shape index (κ2) is 6.16. The van der Waals surface area contributed by atoms with E-state index in [1.807, 2.05) is 11.5 Å². The topological polar surface area (TPSA) is 90.4 Å². The molecule has 0 unspecified atom stereocenters. The van der Waals surface area contributed by atoms with Gasteiger partial charge >= 0.3 is 0 Å². The number of hydrogen-bond donors (Lipinski definition) is 1. The smallest absolute Gasteiger partial charge is 0.269 e. The van der Waals surface area contributed by atoms with Crippen LogP contribution in [0.15, 0.2) is 36.7 Å². The van der Waals surface area contributed by atoms with Crippen molar-refractivity contribution in [3.8, 4) is 5.75 Å². The second-order valence-corrected chi connectivity index (χ2v) is 4.34. The number of nitro benzene ring substituents is 1. The van der Waals surface area contributed by atoms with Gasteiger partial charge in [0.15, 0.2) is 0 Å². The van der Waals surface area contributed by atoms with Gasteiger partial charge < -0.3 is 14.4 Å². The molecule has 7 nitrogen and oxygen atoms in total. The van der Waals surface area contributed by atoms with Gasteiger partial charge in [0.1, 0.15) is 24.3 Å². The average molecular weight is 277 g/mol. The number of imidazole rings is 1.